The number of aliphatic hydroxyl groups excluding tert-OH is 1. The largest absolute Gasteiger partial charge is 0.491 e. The van der Waals surface area contributed by atoms with E-state index in [0.29, 0.717) is 18.0 Å². The standard InChI is InChI=1S/C33H39N3O6/c1-33(2,3)42-32(40)27(28(35)18-25(37)20-41-26-7-5-4-6-8-26)16-22-11-14-29-23(15-22)17-30(31(38)39)36(29)19-21-9-12-24(34)13-10-21/h4-15,17,25,27-28,37H,16,18-20,34-35H2,1-3H3,(H,38,39). The lowest BCUT2D eigenvalue weighted by Gasteiger charge is -2.28. The minimum absolute atomic E-state index is 0.0319. The van der Waals surface area contributed by atoms with Crippen molar-refractivity contribution in [2.75, 3.05) is 12.3 Å². The number of fused-ring (bicyclic) bond motifs is 1. The maximum Gasteiger partial charge on any atom is 0.352 e. The molecule has 0 aliphatic rings. The van der Waals surface area contributed by atoms with Gasteiger partial charge in [0.1, 0.15) is 23.7 Å². The highest BCUT2D eigenvalue weighted by Gasteiger charge is 2.32. The van der Waals surface area contributed by atoms with Crippen LogP contribution in [0.3, 0.4) is 0 Å². The van der Waals surface area contributed by atoms with Gasteiger partial charge in [0.15, 0.2) is 0 Å². The molecule has 0 fully saturated rings. The zero-order valence-electron chi connectivity index (χ0n) is 24.2. The number of hydrogen-bond donors (Lipinski definition) is 4. The number of carboxylic acid groups (broad SMARTS) is 1. The highest BCUT2D eigenvalue weighted by atomic mass is 16.6. The van der Waals surface area contributed by atoms with Crippen molar-refractivity contribution in [2.45, 2.75) is 57.9 Å². The SMILES string of the molecule is CC(C)(C)OC(=O)C(Cc1ccc2c(c1)cc(C(=O)O)n2Cc1ccc(N)cc1)C(N)CC(O)COc1ccccc1. The Morgan fingerprint density at radius 1 is 0.952 bits per heavy atom. The van der Waals surface area contributed by atoms with E-state index >= 15 is 0 Å². The molecule has 9 nitrogen and oxygen atoms in total. The van der Waals surface area contributed by atoms with E-state index in [1.54, 1.807) is 55.7 Å². The summed E-state index contributed by atoms with van der Waals surface area (Å²) >= 11 is 0. The number of hydrogen-bond acceptors (Lipinski definition) is 7. The summed E-state index contributed by atoms with van der Waals surface area (Å²) in [6.07, 6.45) is -0.516. The third-order valence-electron chi connectivity index (χ3n) is 6.92. The molecule has 0 radical (unpaired) electrons. The molecule has 0 spiro atoms. The van der Waals surface area contributed by atoms with Gasteiger partial charge in [-0.3, -0.25) is 4.79 Å². The molecule has 0 saturated heterocycles. The molecule has 1 aromatic heterocycles. The Morgan fingerprint density at radius 3 is 2.26 bits per heavy atom. The second kappa shape index (κ2) is 13.1. The third-order valence-corrected chi connectivity index (χ3v) is 6.92. The molecule has 1 heterocycles. The molecule has 3 unspecified atom stereocenters. The van der Waals surface area contributed by atoms with Gasteiger partial charge < -0.3 is 35.7 Å². The molecule has 0 bridgehead atoms. The Morgan fingerprint density at radius 2 is 1.62 bits per heavy atom. The maximum absolute atomic E-state index is 13.3. The maximum atomic E-state index is 13.3. The van der Waals surface area contributed by atoms with Gasteiger partial charge in [-0.05, 0) is 87.2 Å². The van der Waals surface area contributed by atoms with Gasteiger partial charge in [-0.25, -0.2) is 4.79 Å². The Balaban J connectivity index is 1.56. The molecule has 6 N–H and O–H groups in total. The molecule has 3 atom stereocenters. The van der Waals surface area contributed by atoms with Crippen LogP contribution >= 0.6 is 0 Å². The molecule has 4 aromatic rings. The van der Waals surface area contributed by atoms with Gasteiger partial charge in [0.2, 0.25) is 0 Å². The third kappa shape index (κ3) is 8.11. The second-order valence-corrected chi connectivity index (χ2v) is 11.6. The molecular weight excluding hydrogens is 534 g/mol. The molecule has 9 heteroatoms. The summed E-state index contributed by atoms with van der Waals surface area (Å²) in [5, 5.41) is 21.3. The monoisotopic (exact) mass is 573 g/mol. The lowest BCUT2D eigenvalue weighted by molar-refractivity contribution is -0.161. The number of anilines is 1. The van der Waals surface area contributed by atoms with Crippen molar-refractivity contribution in [2.24, 2.45) is 11.7 Å². The van der Waals surface area contributed by atoms with Crippen molar-refractivity contribution in [3.63, 3.8) is 0 Å². The quantitative estimate of drug-likeness (QED) is 0.142. The predicted molar refractivity (Wildman–Crippen MR) is 162 cm³/mol. The molecule has 4 rings (SSSR count). The van der Waals surface area contributed by atoms with E-state index in [9.17, 15) is 19.8 Å². The van der Waals surface area contributed by atoms with Crippen molar-refractivity contribution in [1.29, 1.82) is 0 Å². The molecule has 3 aromatic carbocycles. The number of aliphatic hydroxyl groups is 1. The van der Waals surface area contributed by atoms with Gasteiger partial charge >= 0.3 is 11.9 Å². The number of rotatable bonds is 12. The van der Waals surface area contributed by atoms with Crippen LogP contribution in [-0.2, 0) is 22.5 Å². The zero-order valence-corrected chi connectivity index (χ0v) is 24.2. The van der Waals surface area contributed by atoms with Crippen molar-refractivity contribution in [3.05, 3.63) is 95.7 Å². The average Bonchev–Trinajstić information content (AvgIpc) is 3.29. The second-order valence-electron chi connectivity index (χ2n) is 11.6. The Hall–Kier alpha value is -4.34. The van der Waals surface area contributed by atoms with E-state index in [4.69, 9.17) is 20.9 Å². The average molecular weight is 574 g/mol. The molecule has 42 heavy (non-hydrogen) atoms. The Bertz CT molecular complexity index is 1510. The number of carboxylic acids is 1. The fourth-order valence-electron chi connectivity index (χ4n) is 4.90. The predicted octanol–water partition coefficient (Wildman–Crippen LogP) is 4.63. The van der Waals surface area contributed by atoms with E-state index in [2.05, 4.69) is 0 Å². The Kier molecular flexibility index (Phi) is 9.55. The Labute approximate surface area is 245 Å². The van der Waals surface area contributed by atoms with Crippen LogP contribution in [0.5, 0.6) is 5.75 Å². The highest BCUT2D eigenvalue weighted by Crippen LogP contribution is 2.27. The number of ether oxygens (including phenoxy) is 2. The summed E-state index contributed by atoms with van der Waals surface area (Å²) in [7, 11) is 0. The van der Waals surface area contributed by atoms with Gasteiger partial charge in [-0.1, -0.05) is 36.4 Å². The van der Waals surface area contributed by atoms with Crippen LogP contribution in [0.2, 0.25) is 0 Å². The van der Waals surface area contributed by atoms with Crippen LogP contribution in [0.1, 0.15) is 48.8 Å². The van der Waals surface area contributed by atoms with E-state index in [-0.39, 0.29) is 25.1 Å². The van der Waals surface area contributed by atoms with Crippen molar-refractivity contribution in [1.82, 2.24) is 4.57 Å². The van der Waals surface area contributed by atoms with E-state index in [1.807, 2.05) is 48.5 Å². The van der Waals surface area contributed by atoms with Crippen LogP contribution < -0.4 is 16.2 Å². The van der Waals surface area contributed by atoms with E-state index < -0.39 is 35.6 Å². The lowest BCUT2D eigenvalue weighted by Crippen LogP contribution is -2.43. The number of para-hydroxylation sites is 1. The van der Waals surface area contributed by atoms with Gasteiger partial charge in [0, 0.05) is 29.2 Å². The normalized spacial score (nSPS) is 13.8. The number of nitrogens with zero attached hydrogens (tertiary/aromatic N) is 1. The molecule has 222 valence electrons. The molecule has 0 aliphatic heterocycles. The summed E-state index contributed by atoms with van der Waals surface area (Å²) in [5.74, 6) is -1.61. The van der Waals surface area contributed by atoms with Crippen LogP contribution in [-0.4, -0.2) is 51.1 Å². The topological polar surface area (TPSA) is 150 Å². The summed E-state index contributed by atoms with van der Waals surface area (Å²) in [4.78, 5) is 25.4. The number of carbonyl (C=O) groups is 2. The molecule has 0 aliphatic carbocycles. The van der Waals surface area contributed by atoms with Crippen LogP contribution in [0.25, 0.3) is 10.9 Å². The number of esters is 1. The summed E-state index contributed by atoms with van der Waals surface area (Å²) < 4.78 is 13.1. The number of carbonyl (C=O) groups excluding carboxylic acids is 1. The van der Waals surface area contributed by atoms with Crippen LogP contribution in [0.4, 0.5) is 5.69 Å². The first-order valence-electron chi connectivity index (χ1n) is 13.9. The van der Waals surface area contributed by atoms with Gasteiger partial charge in [-0.15, -0.1) is 0 Å². The van der Waals surface area contributed by atoms with E-state index in [1.165, 1.54) is 0 Å². The molecule has 0 saturated carbocycles. The van der Waals surface area contributed by atoms with Gasteiger partial charge in [0.25, 0.3) is 0 Å². The lowest BCUT2D eigenvalue weighted by atomic mass is 9.89. The van der Waals surface area contributed by atoms with Crippen LogP contribution in [0, 0.1) is 5.92 Å². The van der Waals surface area contributed by atoms with E-state index in [0.717, 1.165) is 22.0 Å². The number of aromatic nitrogens is 1. The first-order chi connectivity index (χ1) is 19.9. The zero-order chi connectivity index (χ0) is 30.4. The highest BCUT2D eigenvalue weighted by molar-refractivity contribution is 5.95. The number of aromatic carboxylic acids is 1. The smallest absolute Gasteiger partial charge is 0.352 e. The first kappa shape index (κ1) is 30.6. The number of nitrogens with two attached hydrogens (primary N) is 2. The summed E-state index contributed by atoms with van der Waals surface area (Å²) in [6, 6.07) is 23.0. The van der Waals surface area contributed by atoms with Crippen molar-refractivity contribution < 1.29 is 29.3 Å². The minimum Gasteiger partial charge on any atom is -0.491 e. The van der Waals surface area contributed by atoms with Gasteiger partial charge in [0.05, 0.1) is 12.0 Å². The fraction of sp³-hybridized carbons (Fsp3) is 0.333. The summed E-state index contributed by atoms with van der Waals surface area (Å²) in [5.41, 5.74) is 14.9. The number of nitrogen functional groups attached to an aromatic ring is 1. The number of benzene rings is 3. The first-order valence-corrected chi connectivity index (χ1v) is 13.9. The molecule has 0 amide bonds. The summed E-state index contributed by atoms with van der Waals surface area (Å²) in [6.45, 7) is 5.77. The van der Waals surface area contributed by atoms with Crippen molar-refractivity contribution in [3.8, 4) is 5.75 Å². The minimum atomic E-state index is -1.04. The van der Waals surface area contributed by atoms with Crippen LogP contribution in [0.15, 0.2) is 78.9 Å². The fourth-order valence-corrected chi connectivity index (χ4v) is 4.90. The van der Waals surface area contributed by atoms with Crippen molar-refractivity contribution >= 4 is 28.5 Å². The van der Waals surface area contributed by atoms with Gasteiger partial charge in [-0.2, -0.15) is 0 Å². The molecular formula is C33H39N3O6.